The van der Waals surface area contributed by atoms with E-state index in [-0.39, 0.29) is 5.91 Å². The lowest BCUT2D eigenvalue weighted by atomic mass is 9.99. The van der Waals surface area contributed by atoms with Crippen LogP contribution in [-0.4, -0.2) is 17.0 Å². The second-order valence-corrected chi connectivity index (χ2v) is 6.92. The predicted molar refractivity (Wildman–Crippen MR) is 113 cm³/mol. The van der Waals surface area contributed by atoms with E-state index in [1.165, 1.54) is 24.9 Å². The summed E-state index contributed by atoms with van der Waals surface area (Å²) in [4.78, 5) is 15.2. The third-order valence-electron chi connectivity index (χ3n) is 5.08. The third kappa shape index (κ3) is 3.45. The fourth-order valence-electron chi connectivity index (χ4n) is 3.64. The van der Waals surface area contributed by atoms with Gasteiger partial charge in [0.05, 0.1) is 5.52 Å². The molecule has 0 saturated carbocycles. The van der Waals surface area contributed by atoms with E-state index in [1.54, 1.807) is 10.6 Å². The second-order valence-electron chi connectivity index (χ2n) is 6.92. The summed E-state index contributed by atoms with van der Waals surface area (Å²) in [7, 11) is 0. The van der Waals surface area contributed by atoms with E-state index < -0.39 is 0 Å². The minimum atomic E-state index is -0.0231. The van der Waals surface area contributed by atoms with Gasteiger partial charge in [-0.25, -0.2) is 0 Å². The summed E-state index contributed by atoms with van der Waals surface area (Å²) in [5, 5.41) is 1.07. The van der Waals surface area contributed by atoms with Gasteiger partial charge in [0.1, 0.15) is 0 Å². The number of anilines is 1. The normalized spacial score (nSPS) is 14.7. The van der Waals surface area contributed by atoms with Gasteiger partial charge in [-0.05, 0) is 36.3 Å². The Hall–Kier alpha value is -3.07. The molecule has 3 nitrogen and oxygen atoms in total. The number of nitrogens with zero attached hydrogens (tertiary/aromatic N) is 2. The van der Waals surface area contributed by atoms with Crippen molar-refractivity contribution in [1.82, 2.24) is 4.57 Å². The van der Waals surface area contributed by atoms with Crippen molar-refractivity contribution in [2.24, 2.45) is 0 Å². The maximum absolute atomic E-state index is 12.9. The summed E-state index contributed by atoms with van der Waals surface area (Å²) < 4.78 is 1.71. The molecule has 1 aliphatic heterocycles. The van der Waals surface area contributed by atoms with Crippen molar-refractivity contribution in [3.8, 4) is 0 Å². The Morgan fingerprint density at radius 1 is 1.00 bits per heavy atom. The molecule has 1 aromatic heterocycles. The van der Waals surface area contributed by atoms with Gasteiger partial charge in [-0.2, -0.15) is 0 Å². The third-order valence-corrected chi connectivity index (χ3v) is 5.08. The summed E-state index contributed by atoms with van der Waals surface area (Å²) >= 11 is 0. The number of unbranched alkanes of at least 4 members (excludes halogenated alkanes) is 2. The van der Waals surface area contributed by atoms with Crippen LogP contribution >= 0.6 is 0 Å². The van der Waals surface area contributed by atoms with Crippen molar-refractivity contribution in [2.75, 3.05) is 11.4 Å². The van der Waals surface area contributed by atoms with Gasteiger partial charge in [0, 0.05) is 41.7 Å². The van der Waals surface area contributed by atoms with Crippen LogP contribution in [-0.2, 0) is 0 Å². The highest BCUT2D eigenvalue weighted by atomic mass is 16.1. The Morgan fingerprint density at radius 3 is 2.70 bits per heavy atom. The first-order valence-corrected chi connectivity index (χ1v) is 9.64. The zero-order valence-corrected chi connectivity index (χ0v) is 15.6. The highest BCUT2D eigenvalue weighted by molar-refractivity contribution is 6.05. The lowest BCUT2D eigenvalue weighted by Crippen LogP contribution is -2.21. The SMILES string of the molecule is CCCCCN1C=C/C(=C\C(=O)n2ccc3ccccc32)c2ccccc21. The Kier molecular flexibility index (Phi) is 4.93. The number of para-hydroxylation sites is 2. The molecule has 1 aliphatic rings. The lowest BCUT2D eigenvalue weighted by Gasteiger charge is -2.27. The Bertz CT molecular complexity index is 1030. The number of rotatable bonds is 5. The highest BCUT2D eigenvalue weighted by Crippen LogP contribution is 2.33. The minimum absolute atomic E-state index is 0.0231. The zero-order valence-electron chi connectivity index (χ0n) is 15.6. The molecule has 3 aromatic rings. The molecule has 0 unspecified atom stereocenters. The number of benzene rings is 2. The molecule has 0 saturated heterocycles. The zero-order chi connectivity index (χ0) is 18.6. The van der Waals surface area contributed by atoms with Gasteiger partial charge in [0.15, 0.2) is 0 Å². The van der Waals surface area contributed by atoms with Crippen LogP contribution < -0.4 is 4.90 Å². The standard InChI is InChI=1S/C24H24N2O/c1-2-3-8-15-25-16-13-20(21-10-5-7-12-23(21)25)18-24(27)26-17-14-19-9-4-6-11-22(19)26/h4-7,9-14,16-18H,2-3,8,15H2,1H3/b20-18+. The van der Waals surface area contributed by atoms with E-state index in [0.717, 1.165) is 28.6 Å². The molecule has 136 valence electrons. The van der Waals surface area contributed by atoms with Crippen molar-refractivity contribution in [2.45, 2.75) is 26.2 Å². The molecule has 2 heterocycles. The maximum atomic E-state index is 12.9. The van der Waals surface area contributed by atoms with Crippen molar-refractivity contribution >= 4 is 28.1 Å². The largest absolute Gasteiger partial charge is 0.347 e. The second kappa shape index (κ2) is 7.67. The summed E-state index contributed by atoms with van der Waals surface area (Å²) in [5.41, 5.74) is 4.18. The van der Waals surface area contributed by atoms with E-state index in [9.17, 15) is 4.79 Å². The number of fused-ring (bicyclic) bond motifs is 2. The van der Waals surface area contributed by atoms with Gasteiger partial charge in [0.25, 0.3) is 5.91 Å². The molecule has 0 aliphatic carbocycles. The van der Waals surface area contributed by atoms with Crippen molar-refractivity contribution in [3.63, 3.8) is 0 Å². The van der Waals surface area contributed by atoms with E-state index in [2.05, 4.69) is 42.3 Å². The first kappa shape index (κ1) is 17.3. The number of carbonyl (C=O) groups is 1. The Labute approximate surface area is 160 Å². The van der Waals surface area contributed by atoms with Crippen molar-refractivity contribution < 1.29 is 4.79 Å². The van der Waals surface area contributed by atoms with Gasteiger partial charge < -0.3 is 4.90 Å². The van der Waals surface area contributed by atoms with E-state index >= 15 is 0 Å². The molecular formula is C24H24N2O. The number of carbonyl (C=O) groups excluding carboxylic acids is 1. The fraction of sp³-hybridized carbons (Fsp3) is 0.208. The highest BCUT2D eigenvalue weighted by Gasteiger charge is 2.17. The van der Waals surface area contributed by atoms with E-state index in [1.807, 2.05) is 42.6 Å². The fourth-order valence-corrected chi connectivity index (χ4v) is 3.64. The number of hydrogen-bond donors (Lipinski definition) is 0. The Balaban J connectivity index is 1.66. The monoisotopic (exact) mass is 356 g/mol. The smallest absolute Gasteiger partial charge is 0.255 e. The van der Waals surface area contributed by atoms with Crippen LogP contribution in [0.1, 0.15) is 36.5 Å². The molecule has 0 spiro atoms. The van der Waals surface area contributed by atoms with Crippen LogP contribution in [0.15, 0.2) is 79.1 Å². The molecule has 4 rings (SSSR count). The predicted octanol–water partition coefficient (Wildman–Crippen LogP) is 5.89. The molecule has 0 fully saturated rings. The molecule has 0 radical (unpaired) electrons. The van der Waals surface area contributed by atoms with Crippen LogP contribution in [0.4, 0.5) is 5.69 Å². The van der Waals surface area contributed by atoms with Crippen LogP contribution in [0.3, 0.4) is 0 Å². The van der Waals surface area contributed by atoms with Gasteiger partial charge in [-0.3, -0.25) is 9.36 Å². The number of aromatic nitrogens is 1. The molecule has 27 heavy (non-hydrogen) atoms. The van der Waals surface area contributed by atoms with Crippen LogP contribution in [0.2, 0.25) is 0 Å². The summed E-state index contributed by atoms with van der Waals surface area (Å²) in [6.45, 7) is 3.22. The topological polar surface area (TPSA) is 25.2 Å². The number of allylic oxidation sites excluding steroid dienone is 3. The first-order valence-electron chi connectivity index (χ1n) is 9.64. The average Bonchev–Trinajstić information content (AvgIpc) is 3.14. The molecule has 3 heteroatoms. The maximum Gasteiger partial charge on any atom is 0.255 e. The average molecular weight is 356 g/mol. The van der Waals surface area contributed by atoms with Gasteiger partial charge in [-0.1, -0.05) is 56.2 Å². The minimum Gasteiger partial charge on any atom is -0.347 e. The summed E-state index contributed by atoms with van der Waals surface area (Å²) in [6.07, 6.45) is 11.4. The molecule has 0 atom stereocenters. The summed E-state index contributed by atoms with van der Waals surface area (Å²) in [6, 6.07) is 18.3. The first-order chi connectivity index (χ1) is 13.3. The molecule has 2 aromatic carbocycles. The van der Waals surface area contributed by atoms with Gasteiger partial charge in [0.2, 0.25) is 0 Å². The quantitative estimate of drug-likeness (QED) is 0.421. The number of hydrogen-bond acceptors (Lipinski definition) is 2. The van der Waals surface area contributed by atoms with Crippen LogP contribution in [0.25, 0.3) is 16.5 Å². The van der Waals surface area contributed by atoms with Crippen molar-refractivity contribution in [1.29, 1.82) is 0 Å². The van der Waals surface area contributed by atoms with Crippen LogP contribution in [0, 0.1) is 0 Å². The van der Waals surface area contributed by atoms with E-state index in [4.69, 9.17) is 0 Å². The lowest BCUT2D eigenvalue weighted by molar-refractivity contribution is 0.0974. The molecule has 0 bridgehead atoms. The molecule has 0 N–H and O–H groups in total. The van der Waals surface area contributed by atoms with Gasteiger partial charge in [-0.15, -0.1) is 0 Å². The van der Waals surface area contributed by atoms with Gasteiger partial charge >= 0.3 is 0 Å². The molecule has 0 amide bonds. The van der Waals surface area contributed by atoms with Crippen LogP contribution in [0.5, 0.6) is 0 Å². The van der Waals surface area contributed by atoms with E-state index in [0.29, 0.717) is 0 Å². The summed E-state index contributed by atoms with van der Waals surface area (Å²) in [5.74, 6) is -0.0231. The van der Waals surface area contributed by atoms with Crippen molar-refractivity contribution in [3.05, 3.63) is 84.7 Å². The Morgan fingerprint density at radius 2 is 1.81 bits per heavy atom. The molecular weight excluding hydrogens is 332 g/mol.